The zero-order chi connectivity index (χ0) is 17.2. The standard InChI is InChI=1S/C18H23N5O2.ClH/c1-25-18(24)16-12-23(21-20-16)15-6-9-22(10-7-15)11-14-4-2-3-13-5-8-19-17(13)14;/h2-4,12,15,19H,5-11H2,1H3;1H. The first-order valence-corrected chi connectivity index (χ1v) is 8.82. The molecule has 140 valence electrons. The number of halogens is 1. The van der Waals surface area contributed by atoms with Gasteiger partial charge in [-0.1, -0.05) is 23.4 Å². The van der Waals surface area contributed by atoms with E-state index in [1.165, 1.54) is 23.9 Å². The zero-order valence-electron chi connectivity index (χ0n) is 14.9. The fourth-order valence-corrected chi connectivity index (χ4v) is 3.78. The Kier molecular flexibility index (Phi) is 5.78. The minimum Gasteiger partial charge on any atom is -0.464 e. The number of hydrogen-bond donors (Lipinski definition) is 1. The van der Waals surface area contributed by atoms with E-state index in [0.717, 1.165) is 45.4 Å². The van der Waals surface area contributed by atoms with Crippen LogP contribution in [0.1, 0.15) is 40.5 Å². The summed E-state index contributed by atoms with van der Waals surface area (Å²) in [5.74, 6) is -0.436. The van der Waals surface area contributed by atoms with Gasteiger partial charge in [0.25, 0.3) is 0 Å². The number of methoxy groups -OCH3 is 1. The third kappa shape index (κ3) is 3.68. The largest absolute Gasteiger partial charge is 0.464 e. The number of nitrogens with one attached hydrogen (secondary N) is 1. The highest BCUT2D eigenvalue weighted by atomic mass is 35.5. The van der Waals surface area contributed by atoms with Crippen molar-refractivity contribution in [2.75, 3.05) is 32.1 Å². The van der Waals surface area contributed by atoms with Gasteiger partial charge in [0.05, 0.1) is 19.3 Å². The summed E-state index contributed by atoms with van der Waals surface area (Å²) >= 11 is 0. The van der Waals surface area contributed by atoms with E-state index in [1.807, 2.05) is 4.68 Å². The highest BCUT2D eigenvalue weighted by Gasteiger charge is 2.24. The predicted octanol–water partition coefficient (Wildman–Crippen LogP) is 2.29. The maximum Gasteiger partial charge on any atom is 0.360 e. The molecule has 1 N–H and O–H groups in total. The molecular weight excluding hydrogens is 354 g/mol. The number of carbonyl (C=O) groups is 1. The van der Waals surface area contributed by atoms with Gasteiger partial charge >= 0.3 is 5.97 Å². The summed E-state index contributed by atoms with van der Waals surface area (Å²) in [7, 11) is 1.36. The highest BCUT2D eigenvalue weighted by molar-refractivity contribution is 5.86. The molecule has 1 aromatic carbocycles. The van der Waals surface area contributed by atoms with Gasteiger partial charge in [-0.15, -0.1) is 17.5 Å². The number of likely N-dealkylation sites (tertiary alicyclic amines) is 1. The number of benzene rings is 1. The lowest BCUT2D eigenvalue weighted by Crippen LogP contribution is -2.34. The Balaban J connectivity index is 0.00000196. The first-order valence-electron chi connectivity index (χ1n) is 8.82. The number of esters is 1. The number of aromatic nitrogens is 3. The van der Waals surface area contributed by atoms with Crippen molar-refractivity contribution in [3.63, 3.8) is 0 Å². The molecule has 2 aliphatic rings. The van der Waals surface area contributed by atoms with E-state index < -0.39 is 5.97 Å². The number of rotatable bonds is 4. The van der Waals surface area contributed by atoms with Crippen molar-refractivity contribution in [3.8, 4) is 0 Å². The summed E-state index contributed by atoms with van der Waals surface area (Å²) in [6.07, 6.45) is 4.83. The maximum absolute atomic E-state index is 11.5. The van der Waals surface area contributed by atoms with Crippen LogP contribution in [0.25, 0.3) is 0 Å². The van der Waals surface area contributed by atoms with Gasteiger partial charge in [0, 0.05) is 31.9 Å². The van der Waals surface area contributed by atoms with E-state index in [0.29, 0.717) is 6.04 Å². The number of piperidine rings is 1. The average Bonchev–Trinajstić information content (AvgIpc) is 3.32. The second-order valence-electron chi connectivity index (χ2n) is 6.71. The number of ether oxygens (including phenoxy) is 1. The van der Waals surface area contributed by atoms with Crippen molar-refractivity contribution in [2.24, 2.45) is 0 Å². The Bertz CT molecular complexity index is 771. The first kappa shape index (κ1) is 18.7. The molecule has 0 radical (unpaired) electrons. The van der Waals surface area contributed by atoms with Gasteiger partial charge in [0.2, 0.25) is 0 Å². The molecule has 7 nitrogen and oxygen atoms in total. The van der Waals surface area contributed by atoms with Crippen molar-refractivity contribution < 1.29 is 9.53 Å². The molecule has 0 unspecified atom stereocenters. The number of anilines is 1. The van der Waals surface area contributed by atoms with E-state index >= 15 is 0 Å². The minimum atomic E-state index is -0.436. The second kappa shape index (κ2) is 8.05. The number of nitrogens with zero attached hydrogens (tertiary/aromatic N) is 4. The quantitative estimate of drug-likeness (QED) is 0.824. The molecule has 0 bridgehead atoms. The molecule has 2 aromatic rings. The van der Waals surface area contributed by atoms with Crippen LogP contribution in [0.3, 0.4) is 0 Å². The Hall–Kier alpha value is -2.12. The fraction of sp³-hybridized carbons (Fsp3) is 0.500. The number of hydrogen-bond acceptors (Lipinski definition) is 6. The van der Waals surface area contributed by atoms with Crippen molar-refractivity contribution in [3.05, 3.63) is 41.2 Å². The first-order chi connectivity index (χ1) is 12.2. The molecule has 4 rings (SSSR count). The van der Waals surface area contributed by atoms with Crippen LogP contribution >= 0.6 is 12.4 Å². The maximum atomic E-state index is 11.5. The fourth-order valence-electron chi connectivity index (χ4n) is 3.78. The molecule has 8 heteroatoms. The van der Waals surface area contributed by atoms with E-state index in [2.05, 4.69) is 43.5 Å². The van der Waals surface area contributed by atoms with Crippen LogP contribution in [-0.4, -0.2) is 52.6 Å². The third-order valence-corrected chi connectivity index (χ3v) is 5.16. The van der Waals surface area contributed by atoms with Gasteiger partial charge < -0.3 is 10.1 Å². The lowest BCUT2D eigenvalue weighted by Gasteiger charge is -2.32. The normalized spacial score (nSPS) is 17.3. The van der Waals surface area contributed by atoms with Crippen LogP contribution in [0.4, 0.5) is 5.69 Å². The van der Waals surface area contributed by atoms with Crippen LogP contribution in [0, 0.1) is 0 Å². The van der Waals surface area contributed by atoms with Crippen LogP contribution in [0.15, 0.2) is 24.4 Å². The zero-order valence-corrected chi connectivity index (χ0v) is 15.7. The van der Waals surface area contributed by atoms with E-state index in [4.69, 9.17) is 0 Å². The topological polar surface area (TPSA) is 72.3 Å². The lowest BCUT2D eigenvalue weighted by atomic mass is 10.0. The second-order valence-corrected chi connectivity index (χ2v) is 6.71. The van der Waals surface area contributed by atoms with Crippen molar-refractivity contribution in [1.82, 2.24) is 19.9 Å². The highest BCUT2D eigenvalue weighted by Crippen LogP contribution is 2.29. The van der Waals surface area contributed by atoms with Gasteiger partial charge in [-0.2, -0.15) is 0 Å². The molecular formula is C18H24ClN5O2. The molecule has 2 aliphatic heterocycles. The van der Waals surface area contributed by atoms with Crippen LogP contribution in [0.5, 0.6) is 0 Å². The molecule has 0 saturated carbocycles. The van der Waals surface area contributed by atoms with Crippen molar-refractivity contribution in [1.29, 1.82) is 0 Å². The Morgan fingerprint density at radius 2 is 2.15 bits per heavy atom. The van der Waals surface area contributed by atoms with Gasteiger partial charge in [0.1, 0.15) is 0 Å². The summed E-state index contributed by atoms with van der Waals surface area (Å²) in [5, 5.41) is 11.5. The van der Waals surface area contributed by atoms with Gasteiger partial charge in [0.15, 0.2) is 5.69 Å². The predicted molar refractivity (Wildman–Crippen MR) is 101 cm³/mol. The van der Waals surface area contributed by atoms with Crippen LogP contribution in [-0.2, 0) is 17.7 Å². The Morgan fingerprint density at radius 1 is 1.35 bits per heavy atom. The summed E-state index contributed by atoms with van der Waals surface area (Å²) in [4.78, 5) is 14.0. The smallest absolute Gasteiger partial charge is 0.360 e. The number of para-hydroxylation sites is 1. The van der Waals surface area contributed by atoms with Crippen molar-refractivity contribution in [2.45, 2.75) is 31.8 Å². The third-order valence-electron chi connectivity index (χ3n) is 5.16. The Morgan fingerprint density at radius 3 is 2.92 bits per heavy atom. The average molecular weight is 378 g/mol. The summed E-state index contributed by atoms with van der Waals surface area (Å²) in [6, 6.07) is 6.90. The van der Waals surface area contributed by atoms with Crippen LogP contribution in [0.2, 0.25) is 0 Å². The Labute approximate surface area is 159 Å². The lowest BCUT2D eigenvalue weighted by molar-refractivity contribution is 0.0594. The summed E-state index contributed by atoms with van der Waals surface area (Å²) in [6.45, 7) is 4.06. The molecule has 0 atom stereocenters. The van der Waals surface area contributed by atoms with E-state index in [-0.39, 0.29) is 18.1 Å². The molecule has 3 heterocycles. The molecule has 0 aliphatic carbocycles. The van der Waals surface area contributed by atoms with Gasteiger partial charge in [-0.3, -0.25) is 4.90 Å². The molecule has 26 heavy (non-hydrogen) atoms. The SMILES string of the molecule is COC(=O)c1cn(C2CCN(Cc3cccc4c3NCC4)CC2)nn1.Cl. The number of carbonyl (C=O) groups excluding carboxylic acids is 1. The van der Waals surface area contributed by atoms with Gasteiger partial charge in [-0.05, 0) is 30.4 Å². The van der Waals surface area contributed by atoms with Gasteiger partial charge in [-0.25, -0.2) is 9.48 Å². The number of fused-ring (bicyclic) bond motifs is 1. The molecule has 1 aromatic heterocycles. The monoisotopic (exact) mass is 377 g/mol. The van der Waals surface area contributed by atoms with Crippen LogP contribution < -0.4 is 5.32 Å². The summed E-state index contributed by atoms with van der Waals surface area (Å²) in [5.41, 5.74) is 4.44. The molecule has 1 saturated heterocycles. The molecule has 0 amide bonds. The molecule has 1 fully saturated rings. The van der Waals surface area contributed by atoms with E-state index in [1.54, 1.807) is 6.20 Å². The van der Waals surface area contributed by atoms with E-state index in [9.17, 15) is 4.79 Å². The summed E-state index contributed by atoms with van der Waals surface area (Å²) < 4.78 is 6.50. The minimum absolute atomic E-state index is 0. The van der Waals surface area contributed by atoms with Crippen molar-refractivity contribution >= 4 is 24.1 Å². The molecule has 0 spiro atoms.